The average molecular weight is 503 g/mol. The normalized spacial score (nSPS) is 24.2. The lowest BCUT2D eigenvalue weighted by atomic mass is 9.82. The van der Waals surface area contributed by atoms with Crippen LogP contribution in [-0.4, -0.2) is 91.5 Å². The predicted molar refractivity (Wildman–Crippen MR) is 148 cm³/mol. The van der Waals surface area contributed by atoms with Gasteiger partial charge in [-0.3, -0.25) is 4.90 Å². The molecule has 3 aliphatic rings. The van der Waals surface area contributed by atoms with Crippen molar-refractivity contribution < 1.29 is 5.11 Å². The van der Waals surface area contributed by atoms with Crippen molar-refractivity contribution in [3.8, 4) is 0 Å². The van der Waals surface area contributed by atoms with Crippen molar-refractivity contribution in [2.75, 3.05) is 81.5 Å². The number of hydrogen-bond donors (Lipinski definition) is 5. The van der Waals surface area contributed by atoms with Crippen LogP contribution in [0.3, 0.4) is 0 Å². The van der Waals surface area contributed by atoms with Gasteiger partial charge in [-0.15, -0.1) is 0 Å². The summed E-state index contributed by atoms with van der Waals surface area (Å²) < 4.78 is 0. The largest absolute Gasteiger partial charge is 0.395 e. The van der Waals surface area contributed by atoms with Crippen LogP contribution in [0.25, 0.3) is 0 Å². The van der Waals surface area contributed by atoms with Gasteiger partial charge in [-0.05, 0) is 76.4 Å². The van der Waals surface area contributed by atoms with Crippen LogP contribution in [-0.2, 0) is 0 Å². The Kier molecular flexibility index (Phi) is 11.3. The Morgan fingerprint density at radius 1 is 0.889 bits per heavy atom. The van der Waals surface area contributed by atoms with Crippen LogP contribution in [0, 0.1) is 11.8 Å². The third kappa shape index (κ3) is 9.01. The van der Waals surface area contributed by atoms with Crippen molar-refractivity contribution in [3.05, 3.63) is 6.07 Å². The van der Waals surface area contributed by atoms with E-state index in [1.165, 1.54) is 70.8 Å². The van der Waals surface area contributed by atoms with E-state index in [4.69, 9.17) is 15.8 Å². The number of nitrogens with two attached hydrogens (primary N) is 1. The molecule has 2 saturated carbocycles. The number of piperazine rings is 1. The van der Waals surface area contributed by atoms with Crippen LogP contribution < -0.4 is 26.6 Å². The predicted octanol–water partition coefficient (Wildman–Crippen LogP) is 2.29. The monoisotopic (exact) mass is 502 g/mol. The van der Waals surface area contributed by atoms with Crippen LogP contribution in [0.15, 0.2) is 6.07 Å². The van der Waals surface area contributed by atoms with Crippen LogP contribution in [0.5, 0.6) is 0 Å². The second kappa shape index (κ2) is 14.9. The van der Waals surface area contributed by atoms with E-state index in [-0.39, 0.29) is 6.61 Å². The van der Waals surface area contributed by atoms with Gasteiger partial charge in [0, 0.05) is 51.4 Å². The molecule has 0 amide bonds. The molecular formula is C27H50N8O. The molecule has 4 rings (SSSR count). The molecule has 36 heavy (non-hydrogen) atoms. The third-order valence-corrected chi connectivity index (χ3v) is 8.35. The Balaban J connectivity index is 1.08. The molecule has 1 saturated heterocycles. The van der Waals surface area contributed by atoms with Gasteiger partial charge in [0.25, 0.3) is 0 Å². The van der Waals surface area contributed by atoms with E-state index in [1.807, 2.05) is 6.07 Å². The summed E-state index contributed by atoms with van der Waals surface area (Å²) >= 11 is 0. The first-order valence-electron chi connectivity index (χ1n) is 14.6. The van der Waals surface area contributed by atoms with Gasteiger partial charge in [-0.1, -0.05) is 19.3 Å². The maximum absolute atomic E-state index is 9.15. The maximum atomic E-state index is 9.15. The van der Waals surface area contributed by atoms with Crippen LogP contribution in [0.1, 0.15) is 64.2 Å². The molecule has 0 unspecified atom stereocenters. The first-order chi connectivity index (χ1) is 17.7. The number of hydrogen-bond acceptors (Lipinski definition) is 9. The summed E-state index contributed by atoms with van der Waals surface area (Å²) in [6.07, 6.45) is 13.4. The van der Waals surface area contributed by atoms with Crippen molar-refractivity contribution in [1.29, 1.82) is 0 Å². The molecule has 2 heterocycles. The van der Waals surface area contributed by atoms with Gasteiger partial charge in [0.1, 0.15) is 11.6 Å². The van der Waals surface area contributed by atoms with Gasteiger partial charge in [0.2, 0.25) is 5.95 Å². The lowest BCUT2D eigenvalue weighted by Gasteiger charge is -2.34. The van der Waals surface area contributed by atoms with Crippen molar-refractivity contribution in [3.63, 3.8) is 0 Å². The van der Waals surface area contributed by atoms with E-state index in [0.717, 1.165) is 70.1 Å². The number of rotatable bonds is 13. The zero-order valence-electron chi connectivity index (χ0n) is 22.3. The highest BCUT2D eigenvalue weighted by Gasteiger charge is 2.22. The van der Waals surface area contributed by atoms with Crippen molar-refractivity contribution >= 4 is 17.6 Å². The van der Waals surface area contributed by atoms with E-state index in [9.17, 15) is 0 Å². The summed E-state index contributed by atoms with van der Waals surface area (Å²) in [6.45, 7) is 8.90. The lowest BCUT2D eigenvalue weighted by molar-refractivity contribution is 0.188. The summed E-state index contributed by atoms with van der Waals surface area (Å²) in [4.78, 5) is 13.7. The van der Waals surface area contributed by atoms with E-state index >= 15 is 0 Å². The van der Waals surface area contributed by atoms with Gasteiger partial charge in [-0.25, -0.2) is 0 Å². The third-order valence-electron chi connectivity index (χ3n) is 8.35. The van der Waals surface area contributed by atoms with E-state index in [1.54, 1.807) is 0 Å². The lowest BCUT2D eigenvalue weighted by Crippen LogP contribution is -2.47. The van der Waals surface area contributed by atoms with Crippen LogP contribution in [0.2, 0.25) is 0 Å². The van der Waals surface area contributed by atoms with Gasteiger partial charge in [0.15, 0.2) is 0 Å². The fourth-order valence-corrected chi connectivity index (χ4v) is 6.02. The fraction of sp³-hybridized carbons (Fsp3) is 0.852. The smallest absolute Gasteiger partial charge is 0.229 e. The first-order valence-corrected chi connectivity index (χ1v) is 14.6. The fourth-order valence-electron chi connectivity index (χ4n) is 6.02. The molecule has 9 heteroatoms. The Hall–Kier alpha value is -1.68. The molecule has 1 aromatic heterocycles. The number of aliphatic hydroxyl groups excluding tert-OH is 1. The second-order valence-corrected chi connectivity index (χ2v) is 11.1. The minimum absolute atomic E-state index is 0.208. The molecule has 9 nitrogen and oxygen atoms in total. The maximum Gasteiger partial charge on any atom is 0.229 e. The summed E-state index contributed by atoms with van der Waals surface area (Å²) in [7, 11) is 0. The van der Waals surface area contributed by atoms with Crippen LogP contribution in [0.4, 0.5) is 17.6 Å². The topological polar surface area (TPSA) is 115 Å². The average Bonchev–Trinajstić information content (AvgIpc) is 2.91. The highest BCUT2D eigenvalue weighted by molar-refractivity contribution is 5.51. The molecule has 204 valence electrons. The van der Waals surface area contributed by atoms with Gasteiger partial charge in [-0.2, -0.15) is 9.97 Å². The zero-order valence-corrected chi connectivity index (χ0v) is 22.3. The van der Waals surface area contributed by atoms with Crippen molar-refractivity contribution in [2.24, 2.45) is 11.8 Å². The molecule has 6 N–H and O–H groups in total. The Morgan fingerprint density at radius 3 is 2.33 bits per heavy atom. The van der Waals surface area contributed by atoms with Crippen molar-refractivity contribution in [2.45, 2.75) is 70.3 Å². The van der Waals surface area contributed by atoms with Gasteiger partial charge in [0.05, 0.1) is 6.61 Å². The quantitative estimate of drug-likeness (QED) is 0.259. The zero-order chi connectivity index (χ0) is 25.0. The molecule has 0 spiro atoms. The van der Waals surface area contributed by atoms with Gasteiger partial charge < -0.3 is 31.7 Å². The molecule has 1 aliphatic heterocycles. The Morgan fingerprint density at radius 2 is 1.61 bits per heavy atom. The SMILES string of the molecule is Nc1cc(NCC2CCC(CNCCCNC3CCCCC3)CC2)nc(N2CCN(CCO)CC2)n1. The number of aromatic nitrogens is 2. The summed E-state index contributed by atoms with van der Waals surface area (Å²) in [6, 6.07) is 2.63. The standard InChI is InChI=1S/C27H50N8O/c28-25-19-26(33-27(32-25)35-15-13-34(14-16-35)17-18-36)31-21-23-9-7-22(8-10-23)20-29-11-4-12-30-24-5-2-1-3-6-24/h19,22-24,29-30,36H,1-18,20-21H2,(H3,28,31,32,33). The van der Waals surface area contributed by atoms with E-state index < -0.39 is 0 Å². The summed E-state index contributed by atoms with van der Waals surface area (Å²) in [5, 5.41) is 20.2. The molecule has 0 atom stereocenters. The number of β-amino-alcohol motifs (C(OH)–C–C–N with tert-alkyl or cyclic N) is 1. The minimum atomic E-state index is 0.208. The molecule has 0 radical (unpaired) electrons. The Labute approximate surface area is 218 Å². The highest BCUT2D eigenvalue weighted by Crippen LogP contribution is 2.29. The number of anilines is 3. The molecule has 0 aromatic carbocycles. The van der Waals surface area contributed by atoms with Crippen LogP contribution >= 0.6 is 0 Å². The van der Waals surface area contributed by atoms with E-state index in [0.29, 0.717) is 17.7 Å². The molecule has 1 aromatic rings. The Bertz CT molecular complexity index is 743. The number of nitrogen functional groups attached to an aromatic ring is 1. The summed E-state index contributed by atoms with van der Waals surface area (Å²) in [5.74, 6) is 3.58. The van der Waals surface area contributed by atoms with Gasteiger partial charge >= 0.3 is 0 Å². The number of nitrogens with zero attached hydrogens (tertiary/aromatic N) is 4. The molecule has 2 aliphatic carbocycles. The minimum Gasteiger partial charge on any atom is -0.395 e. The summed E-state index contributed by atoms with van der Waals surface area (Å²) in [5.41, 5.74) is 6.11. The van der Waals surface area contributed by atoms with Crippen molar-refractivity contribution in [1.82, 2.24) is 25.5 Å². The first kappa shape index (κ1) is 27.4. The number of nitrogens with one attached hydrogen (secondary N) is 3. The molecule has 0 bridgehead atoms. The second-order valence-electron chi connectivity index (χ2n) is 11.1. The highest BCUT2D eigenvalue weighted by atomic mass is 16.3. The molecular weight excluding hydrogens is 452 g/mol. The molecule has 3 fully saturated rings. The number of aliphatic hydroxyl groups is 1. The van der Waals surface area contributed by atoms with E-state index in [2.05, 4.69) is 30.7 Å².